The molecular weight excluding hydrogens is 378 g/mol. The highest BCUT2D eigenvalue weighted by molar-refractivity contribution is 7.90. The van der Waals surface area contributed by atoms with Crippen LogP contribution < -0.4 is 10.9 Å². The first-order valence-electron chi connectivity index (χ1n) is 9.35. The Morgan fingerprint density at radius 3 is 2.46 bits per heavy atom. The van der Waals surface area contributed by atoms with E-state index in [2.05, 4.69) is 23.6 Å². The maximum atomic E-state index is 13.2. The van der Waals surface area contributed by atoms with Crippen LogP contribution in [0.3, 0.4) is 0 Å². The molecule has 8 heteroatoms. The standard InChI is InChI=1S/C20H25N3O4S/c1-5-14(6-2)11-23-13(4)12(3)18(24)17(20(23)25)19-21-15-9-7-8-10-16(15)28(26,27)22-19/h7-10,14,24H,5-6,11H2,1-4H3,(H,21,22). The summed E-state index contributed by atoms with van der Waals surface area (Å²) < 4.78 is 30.5. The Morgan fingerprint density at radius 2 is 1.82 bits per heavy atom. The smallest absolute Gasteiger partial charge is 0.286 e. The van der Waals surface area contributed by atoms with E-state index in [0.29, 0.717) is 29.4 Å². The van der Waals surface area contributed by atoms with Gasteiger partial charge in [-0.25, -0.2) is 0 Å². The third kappa shape index (κ3) is 3.32. The van der Waals surface area contributed by atoms with Gasteiger partial charge in [-0.15, -0.1) is 4.40 Å². The predicted molar refractivity (Wildman–Crippen MR) is 110 cm³/mol. The summed E-state index contributed by atoms with van der Waals surface area (Å²) in [6, 6.07) is 6.34. The second kappa shape index (κ2) is 7.43. The van der Waals surface area contributed by atoms with Crippen LogP contribution >= 0.6 is 0 Å². The average Bonchev–Trinajstić information content (AvgIpc) is 2.66. The lowest BCUT2D eigenvalue weighted by Crippen LogP contribution is -2.35. The lowest BCUT2D eigenvalue weighted by molar-refractivity contribution is 0.401. The van der Waals surface area contributed by atoms with Crippen LogP contribution in [0.25, 0.3) is 0 Å². The molecule has 0 atom stereocenters. The van der Waals surface area contributed by atoms with Gasteiger partial charge in [-0.05, 0) is 31.9 Å². The number of aromatic nitrogens is 1. The van der Waals surface area contributed by atoms with E-state index >= 15 is 0 Å². The van der Waals surface area contributed by atoms with Crippen LogP contribution in [-0.4, -0.2) is 23.9 Å². The number of rotatable bonds is 5. The number of pyridine rings is 1. The van der Waals surface area contributed by atoms with Crippen molar-refractivity contribution in [2.75, 3.05) is 5.32 Å². The minimum absolute atomic E-state index is 0.0411. The van der Waals surface area contributed by atoms with Gasteiger partial charge in [0.05, 0.1) is 5.69 Å². The van der Waals surface area contributed by atoms with Crippen molar-refractivity contribution in [1.82, 2.24) is 4.57 Å². The summed E-state index contributed by atoms with van der Waals surface area (Å²) in [5, 5.41) is 13.6. The molecule has 2 aromatic rings. The van der Waals surface area contributed by atoms with Gasteiger partial charge in [-0.2, -0.15) is 8.42 Å². The maximum Gasteiger partial charge on any atom is 0.286 e. The first-order chi connectivity index (χ1) is 13.2. The maximum absolute atomic E-state index is 13.2. The van der Waals surface area contributed by atoms with E-state index in [1.807, 2.05) is 0 Å². The molecule has 0 fully saturated rings. The molecule has 0 radical (unpaired) electrons. The Balaban J connectivity index is 2.22. The fourth-order valence-electron chi connectivity index (χ4n) is 3.41. The van der Waals surface area contributed by atoms with E-state index in [1.165, 1.54) is 6.07 Å². The molecule has 7 nitrogen and oxygen atoms in total. The van der Waals surface area contributed by atoms with Crippen LogP contribution in [-0.2, 0) is 16.6 Å². The van der Waals surface area contributed by atoms with Gasteiger partial charge in [0.1, 0.15) is 16.2 Å². The molecule has 0 unspecified atom stereocenters. The van der Waals surface area contributed by atoms with Gasteiger partial charge in [0.25, 0.3) is 15.6 Å². The summed E-state index contributed by atoms with van der Waals surface area (Å²) >= 11 is 0. The van der Waals surface area contributed by atoms with Gasteiger partial charge < -0.3 is 15.0 Å². The zero-order valence-electron chi connectivity index (χ0n) is 16.5. The summed E-state index contributed by atoms with van der Waals surface area (Å²) in [7, 11) is -3.97. The van der Waals surface area contributed by atoms with E-state index in [9.17, 15) is 18.3 Å². The van der Waals surface area contributed by atoms with E-state index in [-0.39, 0.29) is 22.0 Å². The molecule has 0 aliphatic carbocycles. The van der Waals surface area contributed by atoms with Gasteiger partial charge in [0, 0.05) is 17.8 Å². The van der Waals surface area contributed by atoms with Crippen LogP contribution in [0.4, 0.5) is 5.69 Å². The average molecular weight is 404 g/mol. The largest absolute Gasteiger partial charge is 0.507 e. The van der Waals surface area contributed by atoms with Crippen molar-refractivity contribution in [3.63, 3.8) is 0 Å². The number of amidine groups is 1. The molecule has 28 heavy (non-hydrogen) atoms. The van der Waals surface area contributed by atoms with Crippen LogP contribution in [0.2, 0.25) is 0 Å². The van der Waals surface area contributed by atoms with Gasteiger partial charge in [0.15, 0.2) is 5.84 Å². The van der Waals surface area contributed by atoms with E-state index in [1.54, 1.807) is 36.6 Å². The summed E-state index contributed by atoms with van der Waals surface area (Å²) in [4.78, 5) is 13.3. The van der Waals surface area contributed by atoms with Crippen molar-refractivity contribution in [3.8, 4) is 5.75 Å². The monoisotopic (exact) mass is 403 g/mol. The third-order valence-corrected chi connectivity index (χ3v) is 6.80. The number of fused-ring (bicyclic) bond motifs is 1. The van der Waals surface area contributed by atoms with Crippen LogP contribution in [0.1, 0.15) is 43.5 Å². The molecule has 3 rings (SSSR count). The van der Waals surface area contributed by atoms with Gasteiger partial charge in [-0.1, -0.05) is 38.8 Å². The number of nitrogens with zero attached hydrogens (tertiary/aromatic N) is 2. The molecule has 0 bridgehead atoms. The highest BCUT2D eigenvalue weighted by Gasteiger charge is 2.30. The van der Waals surface area contributed by atoms with Crippen molar-refractivity contribution in [2.24, 2.45) is 10.3 Å². The minimum atomic E-state index is -3.97. The van der Waals surface area contributed by atoms with Crippen molar-refractivity contribution >= 4 is 21.5 Å². The molecule has 0 saturated carbocycles. The van der Waals surface area contributed by atoms with E-state index in [0.717, 1.165) is 12.8 Å². The quantitative estimate of drug-likeness (QED) is 0.799. The molecule has 1 aliphatic rings. The summed E-state index contributed by atoms with van der Waals surface area (Å²) in [5.74, 6) is -0.0920. The molecule has 0 spiro atoms. The fraction of sp³-hybridized carbons (Fsp3) is 0.400. The van der Waals surface area contributed by atoms with Gasteiger partial charge >= 0.3 is 0 Å². The Labute approximate surface area is 164 Å². The minimum Gasteiger partial charge on any atom is -0.507 e. The van der Waals surface area contributed by atoms with Gasteiger partial charge in [-0.3, -0.25) is 4.79 Å². The zero-order valence-corrected chi connectivity index (χ0v) is 17.3. The molecule has 2 N–H and O–H groups in total. The number of nitrogens with one attached hydrogen (secondary N) is 1. The zero-order chi connectivity index (χ0) is 20.6. The number of sulfonamides is 1. The van der Waals surface area contributed by atoms with Crippen LogP contribution in [0.5, 0.6) is 5.75 Å². The lowest BCUT2D eigenvalue weighted by Gasteiger charge is -2.23. The normalized spacial score (nSPS) is 15.1. The Kier molecular flexibility index (Phi) is 5.34. The predicted octanol–water partition coefficient (Wildman–Crippen LogP) is 3.17. The topological polar surface area (TPSA) is 101 Å². The molecule has 0 saturated heterocycles. The fourth-order valence-corrected chi connectivity index (χ4v) is 4.53. The first-order valence-corrected chi connectivity index (χ1v) is 10.8. The van der Waals surface area contributed by atoms with Gasteiger partial charge in [0.2, 0.25) is 0 Å². The van der Waals surface area contributed by atoms with Crippen LogP contribution in [0.15, 0.2) is 38.4 Å². The molecule has 1 aromatic carbocycles. The number of hydrogen-bond acceptors (Lipinski definition) is 5. The third-order valence-electron chi connectivity index (χ3n) is 5.46. The van der Waals surface area contributed by atoms with E-state index < -0.39 is 15.6 Å². The number of benzene rings is 1. The highest BCUT2D eigenvalue weighted by atomic mass is 32.2. The molecule has 2 heterocycles. The van der Waals surface area contributed by atoms with Crippen LogP contribution in [0, 0.1) is 19.8 Å². The number of hydrogen-bond donors (Lipinski definition) is 2. The SMILES string of the molecule is CCC(CC)Cn1c(C)c(C)c(O)c(C2=NS(=O)(=O)c3ccccc3N2)c1=O. The summed E-state index contributed by atoms with van der Waals surface area (Å²) in [6.45, 7) is 8.13. The Bertz CT molecular complexity index is 1110. The molecular formula is C20H25N3O4S. The van der Waals surface area contributed by atoms with Crippen molar-refractivity contribution in [3.05, 3.63) is 51.4 Å². The molecule has 0 amide bonds. The summed E-state index contributed by atoms with van der Waals surface area (Å²) in [6.07, 6.45) is 1.83. The van der Waals surface area contributed by atoms with Crippen molar-refractivity contribution < 1.29 is 13.5 Å². The molecule has 1 aromatic heterocycles. The van der Waals surface area contributed by atoms with Crippen molar-refractivity contribution in [1.29, 1.82) is 0 Å². The Hall–Kier alpha value is -2.61. The Morgan fingerprint density at radius 1 is 1.18 bits per heavy atom. The second-order valence-corrected chi connectivity index (χ2v) is 8.64. The summed E-state index contributed by atoms with van der Waals surface area (Å²) in [5.41, 5.74) is 0.954. The number of aromatic hydroxyl groups is 1. The molecule has 1 aliphatic heterocycles. The number of para-hydroxylation sites is 1. The second-order valence-electron chi connectivity index (χ2n) is 7.07. The number of anilines is 1. The highest BCUT2D eigenvalue weighted by Crippen LogP contribution is 2.31. The van der Waals surface area contributed by atoms with Crippen molar-refractivity contribution in [2.45, 2.75) is 52.0 Å². The van der Waals surface area contributed by atoms with E-state index in [4.69, 9.17) is 0 Å². The first kappa shape index (κ1) is 20.1. The molecule has 150 valence electrons. The lowest BCUT2D eigenvalue weighted by atomic mass is 10.0.